The van der Waals surface area contributed by atoms with Gasteiger partial charge in [-0.1, -0.05) is 30.2 Å². The molecule has 1 aromatic heterocycles. The van der Waals surface area contributed by atoms with Crippen LogP contribution >= 0.6 is 0 Å². The molecule has 1 fully saturated rings. The zero-order valence-electron chi connectivity index (χ0n) is 14.2. The number of aromatic nitrogens is 4. The average Bonchev–Trinajstić information content (AvgIpc) is 3.12. The van der Waals surface area contributed by atoms with E-state index in [1.807, 2.05) is 37.3 Å². The molecule has 1 saturated heterocycles. The van der Waals surface area contributed by atoms with Crippen molar-refractivity contribution in [2.45, 2.75) is 39.2 Å². The van der Waals surface area contributed by atoms with Gasteiger partial charge in [-0.2, -0.15) is 4.68 Å². The molecule has 1 aliphatic rings. The fourth-order valence-electron chi connectivity index (χ4n) is 2.92. The number of rotatable bonds is 5. The van der Waals surface area contributed by atoms with E-state index in [2.05, 4.69) is 32.7 Å². The molecule has 1 N–H and O–H groups in total. The zero-order valence-corrected chi connectivity index (χ0v) is 14.2. The number of benzene rings is 1. The van der Waals surface area contributed by atoms with Crippen molar-refractivity contribution < 1.29 is 4.79 Å². The summed E-state index contributed by atoms with van der Waals surface area (Å²) in [6.45, 7) is 5.69. The van der Waals surface area contributed by atoms with E-state index in [-0.39, 0.29) is 17.9 Å². The summed E-state index contributed by atoms with van der Waals surface area (Å²) >= 11 is 0. The van der Waals surface area contributed by atoms with Crippen LogP contribution in [-0.4, -0.2) is 45.2 Å². The van der Waals surface area contributed by atoms with Crippen molar-refractivity contribution in [3.05, 3.63) is 30.3 Å². The van der Waals surface area contributed by atoms with Crippen LogP contribution in [-0.2, 0) is 4.79 Å². The summed E-state index contributed by atoms with van der Waals surface area (Å²) < 4.78 is 1.75. The van der Waals surface area contributed by atoms with E-state index < -0.39 is 0 Å². The third-order valence-corrected chi connectivity index (χ3v) is 4.60. The second-order valence-electron chi connectivity index (χ2n) is 6.31. The third kappa shape index (κ3) is 3.55. The minimum Gasteiger partial charge on any atom is -0.353 e. The first-order valence-corrected chi connectivity index (χ1v) is 8.58. The largest absolute Gasteiger partial charge is 0.353 e. The highest BCUT2D eigenvalue weighted by molar-refractivity contribution is 5.79. The summed E-state index contributed by atoms with van der Waals surface area (Å²) in [6.07, 6.45) is 2.60. The lowest BCUT2D eigenvalue weighted by atomic mass is 9.95. The summed E-state index contributed by atoms with van der Waals surface area (Å²) in [5.41, 5.74) is 0.939. The Hall–Kier alpha value is -2.44. The van der Waals surface area contributed by atoms with Crippen LogP contribution < -0.4 is 10.2 Å². The van der Waals surface area contributed by atoms with Crippen LogP contribution in [0.2, 0.25) is 0 Å². The zero-order chi connectivity index (χ0) is 16.9. The van der Waals surface area contributed by atoms with Gasteiger partial charge in [0.05, 0.1) is 5.69 Å². The number of tetrazole rings is 1. The molecule has 7 nitrogen and oxygen atoms in total. The molecule has 128 valence electrons. The normalized spacial score (nSPS) is 16.8. The van der Waals surface area contributed by atoms with Crippen LogP contribution in [0.15, 0.2) is 30.3 Å². The number of carbonyl (C=O) groups excluding carboxylic acids is 1. The molecule has 3 rings (SSSR count). The van der Waals surface area contributed by atoms with Crippen molar-refractivity contribution in [2.75, 3.05) is 18.0 Å². The number of carbonyl (C=O) groups is 1. The lowest BCUT2D eigenvalue weighted by molar-refractivity contribution is -0.126. The molecular weight excluding hydrogens is 304 g/mol. The fourth-order valence-corrected chi connectivity index (χ4v) is 2.92. The minimum absolute atomic E-state index is 0.0799. The number of para-hydroxylation sites is 1. The molecule has 0 bridgehead atoms. The third-order valence-electron chi connectivity index (χ3n) is 4.60. The number of anilines is 1. The van der Waals surface area contributed by atoms with Crippen molar-refractivity contribution in [1.29, 1.82) is 0 Å². The minimum atomic E-state index is 0.0799. The number of piperidine rings is 1. The number of hydrogen-bond donors (Lipinski definition) is 1. The van der Waals surface area contributed by atoms with Gasteiger partial charge in [-0.3, -0.25) is 4.79 Å². The van der Waals surface area contributed by atoms with Crippen LogP contribution in [0.25, 0.3) is 5.69 Å². The Balaban J connectivity index is 1.64. The highest BCUT2D eigenvalue weighted by Gasteiger charge is 2.28. The van der Waals surface area contributed by atoms with Gasteiger partial charge in [0.25, 0.3) is 0 Å². The lowest BCUT2D eigenvalue weighted by Crippen LogP contribution is -2.43. The SMILES string of the molecule is CC[C@H](C)NC(=O)C1CCN(c2nnnn2-c2ccccc2)CC1. The van der Waals surface area contributed by atoms with E-state index in [0.29, 0.717) is 0 Å². The molecule has 0 spiro atoms. The molecule has 1 amide bonds. The Morgan fingerprint density at radius 1 is 1.29 bits per heavy atom. The standard InChI is InChI=1S/C17H24N6O/c1-3-13(2)18-16(24)14-9-11-22(12-10-14)17-19-20-21-23(17)15-7-5-4-6-8-15/h4-8,13-14H,3,9-12H2,1-2H3,(H,18,24)/t13-/m0/s1. The van der Waals surface area contributed by atoms with Crippen molar-refractivity contribution in [3.63, 3.8) is 0 Å². The second-order valence-corrected chi connectivity index (χ2v) is 6.31. The summed E-state index contributed by atoms with van der Waals surface area (Å²) in [5.74, 6) is 0.991. The lowest BCUT2D eigenvalue weighted by Gasteiger charge is -2.31. The molecule has 0 saturated carbocycles. The highest BCUT2D eigenvalue weighted by atomic mass is 16.1. The van der Waals surface area contributed by atoms with Crippen molar-refractivity contribution in [1.82, 2.24) is 25.5 Å². The quantitative estimate of drug-likeness (QED) is 0.905. The van der Waals surface area contributed by atoms with Crippen LogP contribution in [0.4, 0.5) is 5.95 Å². The summed E-state index contributed by atoms with van der Waals surface area (Å²) in [4.78, 5) is 14.4. The van der Waals surface area contributed by atoms with Crippen molar-refractivity contribution in [2.24, 2.45) is 5.92 Å². The van der Waals surface area contributed by atoms with Gasteiger partial charge in [-0.25, -0.2) is 0 Å². The van der Waals surface area contributed by atoms with E-state index >= 15 is 0 Å². The number of nitrogens with one attached hydrogen (secondary N) is 1. The van der Waals surface area contributed by atoms with Crippen LogP contribution in [0, 0.1) is 5.92 Å². The molecule has 1 atom stereocenters. The maximum Gasteiger partial charge on any atom is 0.250 e. The Morgan fingerprint density at radius 2 is 2.00 bits per heavy atom. The van der Waals surface area contributed by atoms with Crippen molar-refractivity contribution in [3.8, 4) is 5.69 Å². The number of hydrogen-bond acceptors (Lipinski definition) is 5. The van der Waals surface area contributed by atoms with Gasteiger partial charge in [-0.15, -0.1) is 0 Å². The van der Waals surface area contributed by atoms with Gasteiger partial charge in [0.2, 0.25) is 11.9 Å². The average molecular weight is 328 g/mol. The van der Waals surface area contributed by atoms with Gasteiger partial charge in [-0.05, 0) is 48.7 Å². The van der Waals surface area contributed by atoms with Crippen LogP contribution in [0.3, 0.4) is 0 Å². The van der Waals surface area contributed by atoms with E-state index in [4.69, 9.17) is 0 Å². The van der Waals surface area contributed by atoms with Gasteiger partial charge in [0.1, 0.15) is 0 Å². The van der Waals surface area contributed by atoms with E-state index in [1.54, 1.807) is 4.68 Å². The van der Waals surface area contributed by atoms with E-state index in [0.717, 1.165) is 44.0 Å². The smallest absolute Gasteiger partial charge is 0.250 e. The van der Waals surface area contributed by atoms with Crippen molar-refractivity contribution >= 4 is 11.9 Å². The Bertz CT molecular complexity index is 663. The highest BCUT2D eigenvalue weighted by Crippen LogP contribution is 2.23. The van der Waals surface area contributed by atoms with Gasteiger partial charge < -0.3 is 10.2 Å². The van der Waals surface area contributed by atoms with E-state index in [1.165, 1.54) is 0 Å². The number of nitrogens with zero attached hydrogens (tertiary/aromatic N) is 5. The van der Waals surface area contributed by atoms with Crippen LogP contribution in [0.5, 0.6) is 0 Å². The maximum atomic E-state index is 12.3. The Labute approximate surface area is 142 Å². The molecule has 24 heavy (non-hydrogen) atoms. The van der Waals surface area contributed by atoms with Crippen LogP contribution in [0.1, 0.15) is 33.1 Å². The molecule has 2 aromatic rings. The predicted octanol–water partition coefficient (Wildman–Crippen LogP) is 1.79. The second kappa shape index (κ2) is 7.42. The number of amides is 1. The Morgan fingerprint density at radius 3 is 2.67 bits per heavy atom. The molecular formula is C17H24N6O. The summed E-state index contributed by atoms with van der Waals surface area (Å²) in [6, 6.07) is 10.1. The first-order chi connectivity index (χ1) is 11.7. The molecule has 0 aliphatic carbocycles. The molecule has 1 aliphatic heterocycles. The first kappa shape index (κ1) is 16.4. The Kier molecular flexibility index (Phi) is 5.08. The first-order valence-electron chi connectivity index (χ1n) is 8.58. The molecule has 2 heterocycles. The molecule has 1 aromatic carbocycles. The van der Waals surface area contributed by atoms with Gasteiger partial charge in [0, 0.05) is 25.0 Å². The summed E-state index contributed by atoms with van der Waals surface area (Å²) in [5, 5.41) is 15.2. The monoisotopic (exact) mass is 328 g/mol. The van der Waals surface area contributed by atoms with E-state index in [9.17, 15) is 4.79 Å². The van der Waals surface area contributed by atoms with Gasteiger partial charge >= 0.3 is 0 Å². The molecule has 7 heteroatoms. The summed E-state index contributed by atoms with van der Waals surface area (Å²) in [7, 11) is 0. The molecule has 0 radical (unpaired) electrons. The topological polar surface area (TPSA) is 75.9 Å². The predicted molar refractivity (Wildman–Crippen MR) is 92.0 cm³/mol. The fraction of sp³-hybridized carbons (Fsp3) is 0.529. The molecule has 0 unspecified atom stereocenters. The maximum absolute atomic E-state index is 12.3. The van der Waals surface area contributed by atoms with Gasteiger partial charge in [0.15, 0.2) is 0 Å².